The summed E-state index contributed by atoms with van der Waals surface area (Å²) in [6, 6.07) is 18.4. The summed E-state index contributed by atoms with van der Waals surface area (Å²) in [5.74, 6) is 0.378. The maximum absolute atomic E-state index is 13.2. The maximum atomic E-state index is 13.2. The number of halogens is 1. The van der Waals surface area contributed by atoms with Gasteiger partial charge in [0.05, 0.1) is 11.4 Å². The first-order valence-corrected chi connectivity index (χ1v) is 6.97. The van der Waals surface area contributed by atoms with Gasteiger partial charge in [0, 0.05) is 18.0 Å². The van der Waals surface area contributed by atoms with Gasteiger partial charge in [-0.2, -0.15) is 0 Å². The number of nitrogens with zero attached hydrogens (tertiary/aromatic N) is 3. The molecule has 0 spiro atoms. The van der Waals surface area contributed by atoms with Crippen molar-refractivity contribution in [3.8, 4) is 22.5 Å². The lowest BCUT2D eigenvalue weighted by atomic mass is 10.1. The number of benzene rings is 2. The molecule has 0 aliphatic rings. The molecule has 4 rings (SSSR count). The van der Waals surface area contributed by atoms with Crippen molar-refractivity contribution in [2.24, 2.45) is 0 Å². The number of hydrogen-bond acceptors (Lipinski definition) is 2. The SMILES string of the molecule is Fc1ccc(-c2cc(-c3ccccc3)nc3nccn23)cc1. The molecule has 0 aliphatic heterocycles. The highest BCUT2D eigenvalue weighted by atomic mass is 19.1. The van der Waals surface area contributed by atoms with E-state index in [1.54, 1.807) is 18.3 Å². The van der Waals surface area contributed by atoms with Crippen molar-refractivity contribution in [1.82, 2.24) is 14.4 Å². The summed E-state index contributed by atoms with van der Waals surface area (Å²) >= 11 is 0. The largest absolute Gasteiger partial charge is 0.284 e. The minimum atomic E-state index is -0.247. The number of rotatable bonds is 2. The van der Waals surface area contributed by atoms with Crippen molar-refractivity contribution in [3.63, 3.8) is 0 Å². The smallest absolute Gasteiger partial charge is 0.234 e. The van der Waals surface area contributed by atoms with E-state index in [4.69, 9.17) is 0 Å². The molecule has 0 aliphatic carbocycles. The normalized spacial score (nSPS) is 11.0. The third-order valence-electron chi connectivity index (χ3n) is 3.58. The minimum absolute atomic E-state index is 0.247. The van der Waals surface area contributed by atoms with Gasteiger partial charge in [-0.25, -0.2) is 14.4 Å². The van der Waals surface area contributed by atoms with Gasteiger partial charge in [0.1, 0.15) is 5.82 Å². The van der Waals surface area contributed by atoms with Crippen molar-refractivity contribution in [1.29, 1.82) is 0 Å². The van der Waals surface area contributed by atoms with Crippen molar-refractivity contribution in [2.45, 2.75) is 0 Å². The Hall–Kier alpha value is -3.01. The Morgan fingerprint density at radius 2 is 1.64 bits per heavy atom. The highest BCUT2D eigenvalue weighted by Crippen LogP contribution is 2.26. The van der Waals surface area contributed by atoms with Crippen LogP contribution in [-0.4, -0.2) is 14.4 Å². The molecule has 0 amide bonds. The van der Waals surface area contributed by atoms with Crippen LogP contribution >= 0.6 is 0 Å². The van der Waals surface area contributed by atoms with Gasteiger partial charge < -0.3 is 0 Å². The maximum Gasteiger partial charge on any atom is 0.234 e. The van der Waals surface area contributed by atoms with Gasteiger partial charge in [-0.3, -0.25) is 4.40 Å². The van der Waals surface area contributed by atoms with Crippen LogP contribution in [0.15, 0.2) is 73.1 Å². The molecule has 0 atom stereocenters. The molecule has 0 bridgehead atoms. The summed E-state index contributed by atoms with van der Waals surface area (Å²) in [5.41, 5.74) is 3.72. The molecule has 22 heavy (non-hydrogen) atoms. The van der Waals surface area contributed by atoms with Gasteiger partial charge in [-0.15, -0.1) is 0 Å². The zero-order chi connectivity index (χ0) is 14.9. The second-order valence-electron chi connectivity index (χ2n) is 5.00. The summed E-state index contributed by atoms with van der Waals surface area (Å²) in [7, 11) is 0. The Balaban J connectivity index is 1.97. The molecular weight excluding hydrogens is 277 g/mol. The quantitative estimate of drug-likeness (QED) is 0.553. The second kappa shape index (κ2) is 5.07. The number of hydrogen-bond donors (Lipinski definition) is 0. The van der Waals surface area contributed by atoms with E-state index in [0.29, 0.717) is 5.78 Å². The van der Waals surface area contributed by atoms with E-state index in [-0.39, 0.29) is 5.82 Å². The number of imidazole rings is 1. The first-order valence-electron chi connectivity index (χ1n) is 6.97. The molecule has 2 aromatic heterocycles. The lowest BCUT2D eigenvalue weighted by molar-refractivity contribution is 0.628. The molecule has 2 heterocycles. The molecule has 0 saturated heterocycles. The first kappa shape index (κ1) is 12.7. The Labute approximate surface area is 126 Å². The predicted octanol–water partition coefficient (Wildman–Crippen LogP) is 4.20. The highest BCUT2D eigenvalue weighted by molar-refractivity contribution is 5.70. The highest BCUT2D eigenvalue weighted by Gasteiger charge is 2.09. The number of fused-ring (bicyclic) bond motifs is 1. The second-order valence-corrected chi connectivity index (χ2v) is 5.00. The van der Waals surface area contributed by atoms with Crippen LogP contribution in [0.2, 0.25) is 0 Å². The molecule has 0 fully saturated rings. The molecule has 0 radical (unpaired) electrons. The van der Waals surface area contributed by atoms with Crippen molar-refractivity contribution in [3.05, 3.63) is 78.9 Å². The molecule has 2 aromatic carbocycles. The minimum Gasteiger partial charge on any atom is -0.284 e. The fourth-order valence-electron chi connectivity index (χ4n) is 2.51. The van der Waals surface area contributed by atoms with E-state index in [1.807, 2.05) is 47.0 Å². The summed E-state index contributed by atoms with van der Waals surface area (Å²) in [4.78, 5) is 8.87. The Bertz CT molecular complexity index is 928. The Morgan fingerprint density at radius 3 is 2.41 bits per heavy atom. The zero-order valence-corrected chi connectivity index (χ0v) is 11.6. The van der Waals surface area contributed by atoms with Crippen LogP contribution in [0.1, 0.15) is 0 Å². The van der Waals surface area contributed by atoms with Gasteiger partial charge >= 0.3 is 0 Å². The van der Waals surface area contributed by atoms with E-state index in [1.165, 1.54) is 12.1 Å². The molecule has 106 valence electrons. The van der Waals surface area contributed by atoms with Crippen molar-refractivity contribution < 1.29 is 4.39 Å². The van der Waals surface area contributed by atoms with Crippen LogP contribution in [0.25, 0.3) is 28.3 Å². The molecule has 0 unspecified atom stereocenters. The van der Waals surface area contributed by atoms with Crippen molar-refractivity contribution in [2.75, 3.05) is 0 Å². The van der Waals surface area contributed by atoms with Gasteiger partial charge in [0.25, 0.3) is 0 Å². The average molecular weight is 289 g/mol. The van der Waals surface area contributed by atoms with Gasteiger partial charge in [-0.05, 0) is 35.9 Å². The standard InChI is InChI=1S/C18H12FN3/c19-15-8-6-14(7-9-15)17-12-16(13-4-2-1-3-5-13)21-18-20-10-11-22(17)18/h1-12H. The lowest BCUT2D eigenvalue weighted by Crippen LogP contribution is -1.96. The number of aromatic nitrogens is 3. The summed E-state index contributed by atoms with van der Waals surface area (Å²) in [6.07, 6.45) is 3.57. The molecule has 0 N–H and O–H groups in total. The topological polar surface area (TPSA) is 30.2 Å². The van der Waals surface area contributed by atoms with Crippen LogP contribution in [-0.2, 0) is 0 Å². The fourth-order valence-corrected chi connectivity index (χ4v) is 2.51. The van der Waals surface area contributed by atoms with Crippen molar-refractivity contribution >= 4 is 5.78 Å². The van der Waals surface area contributed by atoms with Crippen LogP contribution in [0, 0.1) is 5.82 Å². The molecule has 4 aromatic rings. The van der Waals surface area contributed by atoms with E-state index < -0.39 is 0 Å². The van der Waals surface area contributed by atoms with E-state index >= 15 is 0 Å². The van der Waals surface area contributed by atoms with Gasteiger partial charge in [0.2, 0.25) is 5.78 Å². The predicted molar refractivity (Wildman–Crippen MR) is 83.8 cm³/mol. The lowest BCUT2D eigenvalue weighted by Gasteiger charge is -2.09. The Morgan fingerprint density at radius 1 is 0.864 bits per heavy atom. The summed E-state index contributed by atoms with van der Waals surface area (Å²) in [6.45, 7) is 0. The van der Waals surface area contributed by atoms with E-state index in [0.717, 1.165) is 22.5 Å². The fraction of sp³-hybridized carbons (Fsp3) is 0. The van der Waals surface area contributed by atoms with E-state index in [2.05, 4.69) is 9.97 Å². The average Bonchev–Trinajstić information content (AvgIpc) is 3.04. The van der Waals surface area contributed by atoms with Crippen LogP contribution in [0.4, 0.5) is 4.39 Å². The van der Waals surface area contributed by atoms with Crippen LogP contribution in [0.3, 0.4) is 0 Å². The molecule has 4 heteroatoms. The third kappa shape index (κ3) is 2.15. The molecular formula is C18H12FN3. The monoisotopic (exact) mass is 289 g/mol. The zero-order valence-electron chi connectivity index (χ0n) is 11.6. The van der Waals surface area contributed by atoms with Crippen LogP contribution < -0.4 is 0 Å². The van der Waals surface area contributed by atoms with Gasteiger partial charge in [0.15, 0.2) is 0 Å². The van der Waals surface area contributed by atoms with E-state index in [9.17, 15) is 4.39 Å². The third-order valence-corrected chi connectivity index (χ3v) is 3.58. The van der Waals surface area contributed by atoms with Crippen LogP contribution in [0.5, 0.6) is 0 Å². The molecule has 3 nitrogen and oxygen atoms in total. The Kier molecular flexibility index (Phi) is 2.93. The summed E-state index contributed by atoms with van der Waals surface area (Å²) < 4.78 is 15.1. The molecule has 0 saturated carbocycles. The summed E-state index contributed by atoms with van der Waals surface area (Å²) in [5, 5.41) is 0. The first-order chi connectivity index (χ1) is 10.8. The van der Waals surface area contributed by atoms with Gasteiger partial charge in [-0.1, -0.05) is 30.3 Å².